The smallest absolute Gasteiger partial charge is 0.308 e. The number of hydrogen-bond acceptors (Lipinski definition) is 3. The molecular weight excluding hydrogens is 166 g/mol. The highest BCUT2D eigenvalue weighted by Crippen LogP contribution is 2.16. The summed E-state index contributed by atoms with van der Waals surface area (Å²) in [6, 6.07) is 0. The van der Waals surface area contributed by atoms with Gasteiger partial charge in [-0.2, -0.15) is 0 Å². The molecule has 0 aromatic rings. The van der Waals surface area contributed by atoms with Crippen LogP contribution in [-0.2, 0) is 9.53 Å². The Morgan fingerprint density at radius 2 is 2.18 bits per heavy atom. The molecule has 0 bridgehead atoms. The lowest BCUT2D eigenvalue weighted by Crippen LogP contribution is -2.47. The lowest BCUT2D eigenvalue weighted by Gasteiger charge is -2.30. The van der Waals surface area contributed by atoms with Gasteiger partial charge in [0.25, 0.3) is 0 Å². The molecule has 1 rings (SSSR count). The van der Waals surface area contributed by atoms with E-state index in [1.54, 1.807) is 0 Å². The van der Waals surface area contributed by atoms with Crippen LogP contribution in [-0.4, -0.2) is 26.2 Å². The number of hydrogen-bond donors (Lipinski definition) is 1. The van der Waals surface area contributed by atoms with Crippen LogP contribution >= 0.6 is 12.4 Å². The summed E-state index contributed by atoms with van der Waals surface area (Å²) in [6.07, 6.45) is 0. The van der Waals surface area contributed by atoms with Gasteiger partial charge in [0.2, 0.25) is 0 Å². The average Bonchev–Trinajstić information content (AvgIpc) is 1.82. The summed E-state index contributed by atoms with van der Waals surface area (Å²) < 4.78 is 4.60. The van der Waals surface area contributed by atoms with Gasteiger partial charge >= 0.3 is 5.97 Å². The molecule has 0 amide bonds. The van der Waals surface area contributed by atoms with Crippen molar-refractivity contribution in [3.05, 3.63) is 0 Å². The number of carbonyl (C=O) groups excluding carboxylic acids is 1. The maximum absolute atomic E-state index is 10.9. The van der Waals surface area contributed by atoms with Crippen molar-refractivity contribution >= 4 is 18.4 Å². The zero-order chi connectivity index (χ0) is 7.56. The summed E-state index contributed by atoms with van der Waals surface area (Å²) in [4.78, 5) is 10.9. The van der Waals surface area contributed by atoms with Crippen molar-refractivity contribution in [3.8, 4) is 0 Å². The highest BCUT2D eigenvalue weighted by molar-refractivity contribution is 5.85. The number of halogens is 1. The summed E-state index contributed by atoms with van der Waals surface area (Å²) in [6.45, 7) is 3.82. The summed E-state index contributed by atoms with van der Waals surface area (Å²) in [7, 11) is 1.44. The van der Waals surface area contributed by atoms with Crippen LogP contribution in [0.5, 0.6) is 0 Å². The highest BCUT2D eigenvalue weighted by atomic mass is 35.5. The fraction of sp³-hybridized carbons (Fsp3) is 0.857. The van der Waals surface area contributed by atoms with Gasteiger partial charge in [-0.25, -0.2) is 0 Å². The van der Waals surface area contributed by atoms with Crippen molar-refractivity contribution in [3.63, 3.8) is 0 Å². The van der Waals surface area contributed by atoms with Crippen molar-refractivity contribution in [1.82, 2.24) is 5.32 Å². The minimum Gasteiger partial charge on any atom is -0.469 e. The molecule has 1 fully saturated rings. The Kier molecular flexibility index (Phi) is 4.45. The van der Waals surface area contributed by atoms with E-state index in [4.69, 9.17) is 0 Å². The van der Waals surface area contributed by atoms with Gasteiger partial charge in [-0.1, -0.05) is 6.92 Å². The summed E-state index contributed by atoms with van der Waals surface area (Å²) in [5, 5.41) is 3.11. The Bertz CT molecular complexity index is 136. The minimum absolute atomic E-state index is 0. The van der Waals surface area contributed by atoms with Crippen LogP contribution in [0.1, 0.15) is 6.92 Å². The van der Waals surface area contributed by atoms with Gasteiger partial charge in [-0.3, -0.25) is 4.79 Å². The number of carbonyl (C=O) groups is 1. The molecule has 66 valence electrons. The van der Waals surface area contributed by atoms with Crippen molar-refractivity contribution in [1.29, 1.82) is 0 Å². The maximum atomic E-state index is 10.9. The third kappa shape index (κ3) is 2.34. The molecule has 0 aromatic heterocycles. The first-order valence-electron chi connectivity index (χ1n) is 3.54. The number of esters is 1. The molecule has 3 nitrogen and oxygen atoms in total. The van der Waals surface area contributed by atoms with Crippen LogP contribution in [0.3, 0.4) is 0 Å². The average molecular weight is 180 g/mol. The third-order valence-electron chi connectivity index (χ3n) is 2.09. The fourth-order valence-corrected chi connectivity index (χ4v) is 1.04. The first-order valence-corrected chi connectivity index (χ1v) is 3.54. The van der Waals surface area contributed by atoms with Crippen LogP contribution in [0, 0.1) is 11.8 Å². The second kappa shape index (κ2) is 4.57. The van der Waals surface area contributed by atoms with E-state index in [1.165, 1.54) is 7.11 Å². The number of ether oxygens (including phenoxy) is 1. The fourth-order valence-electron chi connectivity index (χ4n) is 1.04. The lowest BCUT2D eigenvalue weighted by molar-refractivity contribution is -0.147. The molecule has 0 aliphatic carbocycles. The second-order valence-corrected chi connectivity index (χ2v) is 2.73. The third-order valence-corrected chi connectivity index (χ3v) is 2.09. The summed E-state index contributed by atoms with van der Waals surface area (Å²) in [5.41, 5.74) is 0. The van der Waals surface area contributed by atoms with Gasteiger partial charge in [0, 0.05) is 0 Å². The monoisotopic (exact) mass is 179 g/mol. The number of methoxy groups -OCH3 is 1. The molecule has 1 aliphatic heterocycles. The molecule has 0 aromatic carbocycles. The lowest BCUT2D eigenvalue weighted by atomic mass is 9.89. The molecule has 0 spiro atoms. The van der Waals surface area contributed by atoms with Gasteiger partial charge in [-0.05, 0) is 19.0 Å². The molecule has 1 saturated heterocycles. The van der Waals surface area contributed by atoms with Crippen LogP contribution in [0.25, 0.3) is 0 Å². The normalized spacial score (nSPS) is 19.5. The summed E-state index contributed by atoms with van der Waals surface area (Å²) >= 11 is 0. The van der Waals surface area contributed by atoms with E-state index in [0.717, 1.165) is 13.1 Å². The van der Waals surface area contributed by atoms with Gasteiger partial charge < -0.3 is 10.1 Å². The predicted molar refractivity (Wildman–Crippen MR) is 44.8 cm³/mol. The van der Waals surface area contributed by atoms with Crippen molar-refractivity contribution in [2.45, 2.75) is 6.92 Å². The Labute approximate surface area is 72.9 Å². The van der Waals surface area contributed by atoms with Gasteiger partial charge in [0.15, 0.2) is 0 Å². The van der Waals surface area contributed by atoms with E-state index in [2.05, 4.69) is 10.1 Å². The van der Waals surface area contributed by atoms with Crippen LogP contribution < -0.4 is 5.32 Å². The topological polar surface area (TPSA) is 38.3 Å². The number of rotatable bonds is 2. The molecule has 1 heterocycles. The molecule has 1 aliphatic rings. The van der Waals surface area contributed by atoms with Gasteiger partial charge in [0.1, 0.15) is 0 Å². The molecule has 0 saturated carbocycles. The predicted octanol–water partition coefficient (Wildman–Crippen LogP) is 0.437. The Morgan fingerprint density at radius 3 is 2.45 bits per heavy atom. The Hall–Kier alpha value is -0.280. The molecule has 0 radical (unpaired) electrons. The van der Waals surface area contributed by atoms with Crippen LogP contribution in [0.4, 0.5) is 0 Å². The first-order chi connectivity index (χ1) is 4.75. The van der Waals surface area contributed by atoms with E-state index in [9.17, 15) is 4.79 Å². The minimum atomic E-state index is -0.0912. The molecule has 1 atom stereocenters. The second-order valence-electron chi connectivity index (χ2n) is 2.73. The zero-order valence-corrected chi connectivity index (χ0v) is 7.61. The van der Waals surface area contributed by atoms with Gasteiger partial charge in [-0.15, -0.1) is 12.4 Å². The van der Waals surface area contributed by atoms with E-state index >= 15 is 0 Å². The molecule has 1 unspecified atom stereocenters. The van der Waals surface area contributed by atoms with Crippen molar-refractivity contribution in [2.24, 2.45) is 11.8 Å². The standard InChI is InChI=1S/C7H13NO2.ClH/c1-5(7(9)10-2)6-3-8-4-6;/h5-6,8H,3-4H2,1-2H3;1H. The Balaban J connectivity index is 0.000001000. The van der Waals surface area contributed by atoms with E-state index in [1.807, 2.05) is 6.92 Å². The molecular formula is C7H14ClNO2. The highest BCUT2D eigenvalue weighted by Gasteiger charge is 2.28. The van der Waals surface area contributed by atoms with Crippen molar-refractivity contribution in [2.75, 3.05) is 20.2 Å². The van der Waals surface area contributed by atoms with Gasteiger partial charge in [0.05, 0.1) is 13.0 Å². The Morgan fingerprint density at radius 1 is 1.64 bits per heavy atom. The van der Waals surface area contributed by atoms with Crippen molar-refractivity contribution < 1.29 is 9.53 Å². The molecule has 4 heteroatoms. The van der Waals surface area contributed by atoms with E-state index in [0.29, 0.717) is 5.92 Å². The molecule has 1 N–H and O–H groups in total. The van der Waals surface area contributed by atoms with Crippen LogP contribution in [0.2, 0.25) is 0 Å². The quantitative estimate of drug-likeness (QED) is 0.626. The first kappa shape index (κ1) is 10.7. The maximum Gasteiger partial charge on any atom is 0.308 e. The van der Waals surface area contributed by atoms with Crippen LogP contribution in [0.15, 0.2) is 0 Å². The van der Waals surface area contributed by atoms with E-state index in [-0.39, 0.29) is 24.3 Å². The number of nitrogens with one attached hydrogen (secondary N) is 1. The zero-order valence-electron chi connectivity index (χ0n) is 6.79. The SMILES string of the molecule is COC(=O)C(C)C1CNC1.Cl. The largest absolute Gasteiger partial charge is 0.469 e. The molecule has 11 heavy (non-hydrogen) atoms. The van der Waals surface area contributed by atoms with E-state index < -0.39 is 0 Å². The summed E-state index contributed by atoms with van der Waals surface area (Å²) in [5.74, 6) is 0.463.